The van der Waals surface area contributed by atoms with E-state index >= 15 is 0 Å². The molecule has 0 aromatic heterocycles. The second-order valence-electron chi connectivity index (χ2n) is 0.808. The lowest BCUT2D eigenvalue weighted by Gasteiger charge is -1.86. The van der Waals surface area contributed by atoms with Crippen LogP contribution in [0.3, 0.4) is 0 Å². The van der Waals surface area contributed by atoms with Gasteiger partial charge in [0.15, 0.2) is 0 Å². The van der Waals surface area contributed by atoms with Crippen molar-refractivity contribution in [2.75, 3.05) is 0 Å². The quantitative estimate of drug-likeness (QED) is 0.321. The van der Waals surface area contributed by atoms with Gasteiger partial charge in [0.25, 0.3) is 0 Å². The van der Waals surface area contributed by atoms with Crippen molar-refractivity contribution in [1.29, 1.82) is 5.26 Å². The van der Waals surface area contributed by atoms with Gasteiger partial charge in [-0.05, 0) is 18.7 Å². The molecule has 0 aliphatic rings. The minimum absolute atomic E-state index is 0.148. The van der Waals surface area contributed by atoms with Crippen molar-refractivity contribution < 1.29 is 0 Å². The highest BCUT2D eigenvalue weighted by Gasteiger charge is 1.87. The van der Waals surface area contributed by atoms with Crippen LogP contribution >= 0.6 is 24.4 Å². The van der Waals surface area contributed by atoms with Crippen LogP contribution in [0.1, 0.15) is 6.92 Å². The van der Waals surface area contributed by atoms with Gasteiger partial charge in [-0.2, -0.15) is 17.9 Å². The molecule has 0 aliphatic heterocycles. The van der Waals surface area contributed by atoms with Crippen LogP contribution in [0.15, 0.2) is 0 Å². The van der Waals surface area contributed by atoms with Gasteiger partial charge < -0.3 is 0 Å². The third-order valence-corrected chi connectivity index (χ3v) is 0.986. The van der Waals surface area contributed by atoms with Crippen molar-refractivity contribution in [2.45, 2.75) is 11.5 Å². The van der Waals surface area contributed by atoms with E-state index in [1.165, 1.54) is 0 Å². The van der Waals surface area contributed by atoms with Crippen LogP contribution < -0.4 is 0 Å². The number of thioether (sulfide) groups is 1. The smallest absolute Gasteiger partial charge is 0.134 e. The van der Waals surface area contributed by atoms with E-state index in [4.69, 9.17) is 5.26 Å². The van der Waals surface area contributed by atoms with Crippen LogP contribution in [0.25, 0.3) is 0 Å². The number of thiol groups is 1. The zero-order valence-electron chi connectivity index (χ0n) is 3.38. The highest BCUT2D eigenvalue weighted by molar-refractivity contribution is 8.13. The summed E-state index contributed by atoms with van der Waals surface area (Å²) in [4.78, 5) is 0. The largest absolute Gasteiger partial charge is 0.185 e. The molecule has 0 spiro atoms. The van der Waals surface area contributed by atoms with Crippen molar-refractivity contribution in [2.24, 2.45) is 0 Å². The Morgan fingerprint density at radius 3 is 2.50 bits per heavy atom. The van der Waals surface area contributed by atoms with Gasteiger partial charge in [-0.25, -0.2) is 0 Å². The fourth-order valence-corrected chi connectivity index (χ4v) is 0.370. The van der Waals surface area contributed by atoms with E-state index in [0.29, 0.717) is 0 Å². The van der Waals surface area contributed by atoms with Crippen molar-refractivity contribution in [1.82, 2.24) is 0 Å². The molecule has 0 radical (unpaired) electrons. The maximum Gasteiger partial charge on any atom is 0.134 e. The minimum atomic E-state index is 0.148. The number of hydrogen-bond acceptors (Lipinski definition) is 3. The molecule has 0 aromatic rings. The average Bonchev–Trinajstić information content (AvgIpc) is 1.35. The highest BCUT2D eigenvalue weighted by atomic mass is 32.2. The lowest BCUT2D eigenvalue weighted by molar-refractivity contribution is 1.44. The molecule has 0 bridgehead atoms. The minimum Gasteiger partial charge on any atom is -0.185 e. The summed E-state index contributed by atoms with van der Waals surface area (Å²) in [5, 5.41) is 9.81. The summed E-state index contributed by atoms with van der Waals surface area (Å²) in [7, 11) is 0. The average molecular weight is 119 g/mol. The molecule has 1 atom stereocenters. The summed E-state index contributed by atoms with van der Waals surface area (Å²) in [6, 6.07) is 0. The molecule has 0 saturated heterocycles. The van der Waals surface area contributed by atoms with Gasteiger partial charge in [0.05, 0.1) is 4.58 Å². The maximum absolute atomic E-state index is 7.90. The molecule has 3 heteroatoms. The second-order valence-corrected chi connectivity index (χ2v) is 3.06. The molecule has 0 aromatic carbocycles. The van der Waals surface area contributed by atoms with E-state index < -0.39 is 0 Å². The van der Waals surface area contributed by atoms with Gasteiger partial charge in [0, 0.05) is 0 Å². The summed E-state index contributed by atoms with van der Waals surface area (Å²) in [5.74, 6) is 0. The lowest BCUT2D eigenvalue weighted by atomic mass is 11.0. The van der Waals surface area contributed by atoms with Crippen LogP contribution in [-0.2, 0) is 0 Å². The fraction of sp³-hybridized carbons (Fsp3) is 0.667. The topological polar surface area (TPSA) is 23.8 Å². The zero-order valence-corrected chi connectivity index (χ0v) is 5.09. The van der Waals surface area contributed by atoms with Crippen LogP contribution in [0, 0.1) is 10.7 Å². The summed E-state index contributed by atoms with van der Waals surface area (Å²) in [6.07, 6.45) is 0. The first-order chi connectivity index (χ1) is 2.77. The Morgan fingerprint density at radius 2 is 2.50 bits per heavy atom. The maximum atomic E-state index is 7.90. The van der Waals surface area contributed by atoms with Gasteiger partial charge >= 0.3 is 0 Å². The van der Waals surface area contributed by atoms with Crippen LogP contribution in [0.4, 0.5) is 0 Å². The first kappa shape index (κ1) is 6.19. The third-order valence-electron chi connectivity index (χ3n) is 0.223. The summed E-state index contributed by atoms with van der Waals surface area (Å²) >= 11 is 5.07. The van der Waals surface area contributed by atoms with Crippen LogP contribution in [-0.4, -0.2) is 4.58 Å². The van der Waals surface area contributed by atoms with Gasteiger partial charge in [-0.3, -0.25) is 0 Å². The number of rotatable bonds is 1. The SMILES string of the molecule is CC(S)SC#N. The molecule has 1 unspecified atom stereocenters. The van der Waals surface area contributed by atoms with Gasteiger partial charge in [0.1, 0.15) is 5.40 Å². The third kappa shape index (κ3) is 4.19. The van der Waals surface area contributed by atoms with E-state index in [1.807, 2.05) is 12.3 Å². The van der Waals surface area contributed by atoms with E-state index in [9.17, 15) is 0 Å². The Bertz CT molecular complexity index is 63.7. The summed E-state index contributed by atoms with van der Waals surface area (Å²) in [5.41, 5.74) is 0. The van der Waals surface area contributed by atoms with E-state index in [1.54, 1.807) is 0 Å². The predicted molar refractivity (Wildman–Crippen MR) is 31.7 cm³/mol. The zero-order chi connectivity index (χ0) is 4.99. The monoisotopic (exact) mass is 119 g/mol. The Labute approximate surface area is 47.1 Å². The molecule has 0 N–H and O–H groups in total. The first-order valence-corrected chi connectivity index (χ1v) is 2.90. The molecule has 0 amide bonds. The molecule has 1 nitrogen and oxygen atoms in total. The van der Waals surface area contributed by atoms with Crippen molar-refractivity contribution in [3.63, 3.8) is 0 Å². The summed E-state index contributed by atoms with van der Waals surface area (Å²) in [6.45, 7) is 1.86. The molecular weight excluding hydrogens is 114 g/mol. The van der Waals surface area contributed by atoms with Crippen molar-refractivity contribution >= 4 is 24.4 Å². The normalized spacial score (nSPS) is 12.8. The first-order valence-electron chi connectivity index (χ1n) is 1.50. The molecule has 6 heavy (non-hydrogen) atoms. The molecular formula is C3H5NS2. The second kappa shape index (κ2) is 3.38. The Balaban J connectivity index is 2.88. The number of hydrogen-bond donors (Lipinski definition) is 1. The molecule has 0 fully saturated rings. The van der Waals surface area contributed by atoms with E-state index in [-0.39, 0.29) is 4.58 Å². The lowest BCUT2D eigenvalue weighted by Crippen LogP contribution is -1.73. The molecule has 0 heterocycles. The molecule has 34 valence electrons. The van der Waals surface area contributed by atoms with E-state index in [2.05, 4.69) is 12.6 Å². The number of nitrogens with zero attached hydrogens (tertiary/aromatic N) is 1. The van der Waals surface area contributed by atoms with Gasteiger partial charge in [0.2, 0.25) is 0 Å². The number of nitriles is 1. The Hall–Kier alpha value is 0.190. The molecule has 0 saturated carbocycles. The molecule has 0 aliphatic carbocycles. The Morgan fingerprint density at radius 1 is 2.00 bits per heavy atom. The van der Waals surface area contributed by atoms with Crippen LogP contribution in [0.2, 0.25) is 0 Å². The fourth-order valence-electron chi connectivity index (χ4n) is 0.0763. The summed E-state index contributed by atoms with van der Waals surface area (Å²) < 4.78 is 0.148. The number of thiocyanates is 1. The van der Waals surface area contributed by atoms with E-state index in [0.717, 1.165) is 11.8 Å². The van der Waals surface area contributed by atoms with Crippen molar-refractivity contribution in [3.05, 3.63) is 0 Å². The molecule has 0 rings (SSSR count). The standard InChI is InChI=1S/C3H5NS2/c1-3(5)6-2-4/h3,5H,1H3. The predicted octanol–water partition coefficient (Wildman–Crippen LogP) is 1.48. The van der Waals surface area contributed by atoms with Crippen molar-refractivity contribution in [3.8, 4) is 5.40 Å². The highest BCUT2D eigenvalue weighted by Crippen LogP contribution is 2.09. The Kier molecular flexibility index (Phi) is 3.49. The van der Waals surface area contributed by atoms with Crippen LogP contribution in [0.5, 0.6) is 0 Å². The van der Waals surface area contributed by atoms with Gasteiger partial charge in [-0.15, -0.1) is 0 Å². The van der Waals surface area contributed by atoms with Gasteiger partial charge in [-0.1, -0.05) is 0 Å².